The molecule has 24 heavy (non-hydrogen) atoms. The molecule has 0 aliphatic carbocycles. The van der Waals surface area contributed by atoms with Crippen molar-refractivity contribution in [2.75, 3.05) is 6.61 Å². The highest BCUT2D eigenvalue weighted by atomic mass is 32.1. The van der Waals surface area contributed by atoms with Crippen molar-refractivity contribution in [3.8, 4) is 5.75 Å². The molecule has 0 spiro atoms. The van der Waals surface area contributed by atoms with E-state index in [2.05, 4.69) is 0 Å². The molecule has 0 saturated carbocycles. The largest absolute Gasteiger partial charge is 0.447 e. The van der Waals surface area contributed by atoms with Gasteiger partial charge in [-0.2, -0.15) is 0 Å². The second kappa shape index (κ2) is 8.73. The lowest BCUT2D eigenvalue weighted by Crippen LogP contribution is -2.59. The number of ether oxygens (including phenoxy) is 4. The molecule has 1 aliphatic heterocycles. The van der Waals surface area contributed by atoms with Crippen molar-refractivity contribution in [3.05, 3.63) is 29.8 Å². The number of aliphatic hydroxyl groups is 2. The van der Waals surface area contributed by atoms with Gasteiger partial charge in [-0.25, -0.2) is 0 Å². The van der Waals surface area contributed by atoms with E-state index in [1.807, 2.05) is 26.0 Å². The maximum atomic E-state index is 10.3. The van der Waals surface area contributed by atoms with Crippen LogP contribution in [0.2, 0.25) is 0 Å². The molecule has 5 atom stereocenters. The minimum Gasteiger partial charge on any atom is -0.447 e. The quantitative estimate of drug-likeness (QED) is 0.781. The minimum atomic E-state index is -1.18. The summed E-state index contributed by atoms with van der Waals surface area (Å²) in [5.74, 6) is 0.522. The Morgan fingerprint density at radius 2 is 1.88 bits per heavy atom. The van der Waals surface area contributed by atoms with Gasteiger partial charge in [-0.1, -0.05) is 24.6 Å². The van der Waals surface area contributed by atoms with E-state index in [0.717, 1.165) is 12.0 Å². The molecule has 0 radical (unpaired) electrons. The molecule has 1 aromatic carbocycles. The zero-order valence-corrected chi connectivity index (χ0v) is 14.9. The number of aliphatic hydroxyl groups excluding tert-OH is 2. The molecule has 7 heteroatoms. The standard InChI is InChI=1S/C17H24O6S/c1-4-9-20-16-14(19)15(13(18)11(3)21-16)23-17(24)22-12-7-5-10(2)6-8-12/h5-8,11,13-16,18-19H,4,9H2,1-3H3/t11-,13+,14-,15+,16-/m0/s1. The summed E-state index contributed by atoms with van der Waals surface area (Å²) in [5, 5.41) is 20.4. The zero-order chi connectivity index (χ0) is 17.7. The molecule has 6 nitrogen and oxygen atoms in total. The van der Waals surface area contributed by atoms with Crippen molar-refractivity contribution in [2.24, 2.45) is 0 Å². The first-order valence-corrected chi connectivity index (χ1v) is 8.41. The topological polar surface area (TPSA) is 77.4 Å². The van der Waals surface area contributed by atoms with Crippen molar-refractivity contribution in [3.63, 3.8) is 0 Å². The van der Waals surface area contributed by atoms with Crippen LogP contribution in [-0.4, -0.2) is 52.8 Å². The van der Waals surface area contributed by atoms with E-state index in [1.54, 1.807) is 19.1 Å². The van der Waals surface area contributed by atoms with Crippen LogP contribution in [0.4, 0.5) is 0 Å². The van der Waals surface area contributed by atoms with Crippen molar-refractivity contribution < 1.29 is 29.2 Å². The molecule has 2 rings (SSSR count). The molecule has 0 aromatic heterocycles. The first-order chi connectivity index (χ1) is 11.4. The first-order valence-electron chi connectivity index (χ1n) is 8.00. The molecule has 1 aromatic rings. The molecule has 0 unspecified atom stereocenters. The number of thiocarbonyl (C=S) groups is 1. The first kappa shape index (κ1) is 19.1. The van der Waals surface area contributed by atoms with Crippen LogP contribution in [0, 0.1) is 6.92 Å². The third-order valence-electron chi connectivity index (χ3n) is 3.72. The number of rotatable bonds is 5. The van der Waals surface area contributed by atoms with Crippen LogP contribution in [-0.2, 0) is 14.2 Å². The highest BCUT2D eigenvalue weighted by Crippen LogP contribution is 2.25. The van der Waals surface area contributed by atoms with Gasteiger partial charge in [0, 0.05) is 18.8 Å². The van der Waals surface area contributed by atoms with Gasteiger partial charge in [0.05, 0.1) is 6.10 Å². The Balaban J connectivity index is 1.99. The van der Waals surface area contributed by atoms with E-state index in [9.17, 15) is 10.2 Å². The highest BCUT2D eigenvalue weighted by Gasteiger charge is 2.45. The van der Waals surface area contributed by atoms with E-state index in [1.165, 1.54) is 0 Å². The fourth-order valence-electron chi connectivity index (χ4n) is 2.35. The van der Waals surface area contributed by atoms with Crippen molar-refractivity contribution in [2.45, 2.75) is 57.9 Å². The zero-order valence-electron chi connectivity index (χ0n) is 14.0. The van der Waals surface area contributed by atoms with Gasteiger partial charge >= 0.3 is 5.24 Å². The Morgan fingerprint density at radius 3 is 2.50 bits per heavy atom. The Labute approximate surface area is 147 Å². The van der Waals surface area contributed by atoms with Crippen LogP contribution in [0.1, 0.15) is 25.8 Å². The van der Waals surface area contributed by atoms with Gasteiger partial charge in [-0.05, 0) is 32.4 Å². The summed E-state index contributed by atoms with van der Waals surface area (Å²) in [4.78, 5) is 0. The molecule has 1 heterocycles. The van der Waals surface area contributed by atoms with Crippen molar-refractivity contribution in [1.82, 2.24) is 0 Å². The fraction of sp³-hybridized carbons (Fsp3) is 0.588. The van der Waals surface area contributed by atoms with E-state index in [-0.39, 0.29) is 5.24 Å². The van der Waals surface area contributed by atoms with Crippen LogP contribution in [0.5, 0.6) is 5.75 Å². The van der Waals surface area contributed by atoms with Gasteiger partial charge < -0.3 is 29.2 Å². The average Bonchev–Trinajstić information content (AvgIpc) is 2.56. The van der Waals surface area contributed by atoms with Crippen LogP contribution < -0.4 is 4.74 Å². The number of hydrogen-bond donors (Lipinski definition) is 2. The normalized spacial score (nSPS) is 30.0. The summed E-state index contributed by atoms with van der Waals surface area (Å²) < 4.78 is 21.8. The van der Waals surface area contributed by atoms with Gasteiger partial charge in [-0.3, -0.25) is 0 Å². The van der Waals surface area contributed by atoms with Gasteiger partial charge in [-0.15, -0.1) is 0 Å². The fourth-order valence-corrected chi connectivity index (χ4v) is 2.55. The monoisotopic (exact) mass is 356 g/mol. The van der Waals surface area contributed by atoms with Crippen LogP contribution in [0.3, 0.4) is 0 Å². The third kappa shape index (κ3) is 4.87. The minimum absolute atomic E-state index is 0.176. The maximum absolute atomic E-state index is 10.3. The molecular formula is C17H24O6S. The molecule has 1 saturated heterocycles. The van der Waals surface area contributed by atoms with Gasteiger partial charge in [0.15, 0.2) is 12.4 Å². The van der Waals surface area contributed by atoms with Crippen LogP contribution in [0.15, 0.2) is 24.3 Å². The number of aryl methyl sites for hydroxylation is 1. The highest BCUT2D eigenvalue weighted by molar-refractivity contribution is 7.79. The SMILES string of the molecule is CCCO[C@H]1O[C@@H](C)[C@@H](O)[C@@H](OC(=S)Oc2ccc(C)cc2)[C@@H]1O. The number of benzene rings is 1. The second-order valence-electron chi connectivity index (χ2n) is 5.81. The molecule has 1 aliphatic rings. The molecule has 0 bridgehead atoms. The lowest BCUT2D eigenvalue weighted by atomic mass is 10.00. The van der Waals surface area contributed by atoms with E-state index in [4.69, 9.17) is 31.2 Å². The van der Waals surface area contributed by atoms with Crippen LogP contribution in [0.25, 0.3) is 0 Å². The van der Waals surface area contributed by atoms with Crippen LogP contribution >= 0.6 is 12.2 Å². The summed E-state index contributed by atoms with van der Waals surface area (Å²) in [5.41, 5.74) is 1.09. The maximum Gasteiger partial charge on any atom is 0.358 e. The Bertz CT molecular complexity index is 534. The van der Waals surface area contributed by atoms with Crippen molar-refractivity contribution in [1.29, 1.82) is 0 Å². The lowest BCUT2D eigenvalue weighted by Gasteiger charge is -2.40. The van der Waals surface area contributed by atoms with Gasteiger partial charge in [0.1, 0.15) is 18.0 Å². The summed E-state index contributed by atoms with van der Waals surface area (Å²) in [6.45, 7) is 6.03. The Morgan fingerprint density at radius 1 is 1.21 bits per heavy atom. The van der Waals surface area contributed by atoms with E-state index < -0.39 is 30.7 Å². The lowest BCUT2D eigenvalue weighted by molar-refractivity contribution is -0.291. The second-order valence-corrected chi connectivity index (χ2v) is 6.14. The Hall–Kier alpha value is -1.25. The van der Waals surface area contributed by atoms with Gasteiger partial charge in [0.2, 0.25) is 0 Å². The Kier molecular flexibility index (Phi) is 6.94. The smallest absolute Gasteiger partial charge is 0.358 e. The van der Waals surface area contributed by atoms with Crippen molar-refractivity contribution >= 4 is 17.5 Å². The third-order valence-corrected chi connectivity index (χ3v) is 3.90. The summed E-state index contributed by atoms with van der Waals surface area (Å²) in [7, 11) is 0. The summed E-state index contributed by atoms with van der Waals surface area (Å²) in [6.07, 6.45) is -3.89. The molecule has 134 valence electrons. The summed E-state index contributed by atoms with van der Waals surface area (Å²) >= 11 is 5.07. The van der Waals surface area contributed by atoms with Gasteiger partial charge in [0.25, 0.3) is 0 Å². The van der Waals surface area contributed by atoms with E-state index in [0.29, 0.717) is 12.4 Å². The predicted octanol–water partition coefficient (Wildman–Crippen LogP) is 1.94. The molecular weight excluding hydrogens is 332 g/mol. The molecule has 0 amide bonds. The molecule has 2 N–H and O–H groups in total. The predicted molar refractivity (Wildman–Crippen MR) is 91.9 cm³/mol. The average molecular weight is 356 g/mol. The number of hydrogen-bond acceptors (Lipinski definition) is 7. The molecule has 1 fully saturated rings. The summed E-state index contributed by atoms with van der Waals surface area (Å²) in [6, 6.07) is 7.29. The van der Waals surface area contributed by atoms with E-state index >= 15 is 0 Å².